The first kappa shape index (κ1) is 14.8. The molecule has 0 amide bonds. The van der Waals surface area contributed by atoms with Gasteiger partial charge in [-0.15, -0.1) is 0 Å². The lowest BCUT2D eigenvalue weighted by molar-refractivity contribution is -0.140. The minimum absolute atomic E-state index is 0.0109. The Hall–Kier alpha value is -1.26. The second-order valence-electron chi connectivity index (χ2n) is 3.40. The van der Waals surface area contributed by atoms with Crippen LogP contribution < -0.4 is 4.72 Å². The molecule has 0 saturated carbocycles. The lowest BCUT2D eigenvalue weighted by Crippen LogP contribution is -2.34. The highest BCUT2D eigenvalue weighted by molar-refractivity contribution is 7.90. The Labute approximate surface area is 109 Å². The molecule has 0 aliphatic rings. The Kier molecular flexibility index (Phi) is 4.99. The van der Waals surface area contributed by atoms with Crippen LogP contribution in [-0.4, -0.2) is 48.8 Å². The zero-order valence-electron chi connectivity index (χ0n) is 10.2. The van der Waals surface area contributed by atoms with Crippen molar-refractivity contribution >= 4 is 32.8 Å². The number of ether oxygens (including phenoxy) is 1. The zero-order chi connectivity index (χ0) is 13.8. The van der Waals surface area contributed by atoms with E-state index in [1.807, 2.05) is 0 Å². The van der Waals surface area contributed by atoms with E-state index in [1.165, 1.54) is 14.2 Å². The van der Waals surface area contributed by atoms with E-state index in [0.29, 0.717) is 5.82 Å². The van der Waals surface area contributed by atoms with Crippen LogP contribution in [0, 0.1) is 6.92 Å². The van der Waals surface area contributed by atoms with Gasteiger partial charge >= 0.3 is 16.2 Å². The van der Waals surface area contributed by atoms with E-state index in [1.54, 1.807) is 6.92 Å². The van der Waals surface area contributed by atoms with Gasteiger partial charge in [-0.2, -0.15) is 17.1 Å². The lowest BCUT2D eigenvalue weighted by Gasteiger charge is -2.16. The van der Waals surface area contributed by atoms with Crippen molar-refractivity contribution < 1.29 is 17.9 Å². The highest BCUT2D eigenvalue weighted by Crippen LogP contribution is 2.13. The SMILES string of the molecule is COC(=O)CCN(C)S(=O)(=O)Nc1nc(C)ns1. The summed E-state index contributed by atoms with van der Waals surface area (Å²) in [7, 11) is -1.11. The van der Waals surface area contributed by atoms with Crippen LogP contribution in [0.25, 0.3) is 0 Å². The number of methoxy groups -OCH3 is 1. The molecule has 1 aromatic rings. The van der Waals surface area contributed by atoms with Gasteiger partial charge in [-0.1, -0.05) is 0 Å². The van der Waals surface area contributed by atoms with Crippen molar-refractivity contribution in [2.75, 3.05) is 25.4 Å². The maximum absolute atomic E-state index is 11.8. The van der Waals surface area contributed by atoms with E-state index < -0.39 is 16.2 Å². The number of rotatable bonds is 6. The van der Waals surface area contributed by atoms with Crippen LogP contribution in [0.15, 0.2) is 0 Å². The first-order valence-electron chi connectivity index (χ1n) is 4.96. The monoisotopic (exact) mass is 294 g/mol. The van der Waals surface area contributed by atoms with Crippen molar-refractivity contribution in [2.24, 2.45) is 0 Å². The minimum Gasteiger partial charge on any atom is -0.469 e. The summed E-state index contributed by atoms with van der Waals surface area (Å²) in [6, 6.07) is 0. The third-order valence-electron chi connectivity index (χ3n) is 2.01. The van der Waals surface area contributed by atoms with Gasteiger partial charge < -0.3 is 4.74 Å². The summed E-state index contributed by atoms with van der Waals surface area (Å²) in [5.74, 6) is 0.0266. The molecular weight excluding hydrogens is 280 g/mol. The molecule has 0 spiro atoms. The average molecular weight is 294 g/mol. The molecule has 0 aliphatic carbocycles. The number of carbonyl (C=O) groups is 1. The summed E-state index contributed by atoms with van der Waals surface area (Å²) in [5, 5.41) is 0.192. The van der Waals surface area contributed by atoms with Crippen molar-refractivity contribution in [1.29, 1.82) is 0 Å². The predicted molar refractivity (Wildman–Crippen MR) is 66.5 cm³/mol. The summed E-state index contributed by atoms with van der Waals surface area (Å²) in [6.45, 7) is 1.69. The number of hydrogen-bond donors (Lipinski definition) is 1. The summed E-state index contributed by atoms with van der Waals surface area (Å²) in [5.41, 5.74) is 0. The molecular formula is C8H14N4O4S2. The predicted octanol–water partition coefficient (Wildman–Crippen LogP) is -0.00188. The molecule has 0 fully saturated rings. The van der Waals surface area contributed by atoms with E-state index in [0.717, 1.165) is 15.8 Å². The molecule has 18 heavy (non-hydrogen) atoms. The fourth-order valence-corrected chi connectivity index (χ4v) is 2.65. The summed E-state index contributed by atoms with van der Waals surface area (Å²) in [4.78, 5) is 14.8. The highest BCUT2D eigenvalue weighted by atomic mass is 32.2. The molecule has 0 saturated heterocycles. The Morgan fingerprint density at radius 3 is 2.72 bits per heavy atom. The molecule has 0 aromatic carbocycles. The van der Waals surface area contributed by atoms with Crippen LogP contribution in [0.4, 0.5) is 5.13 Å². The highest BCUT2D eigenvalue weighted by Gasteiger charge is 2.20. The van der Waals surface area contributed by atoms with Crippen molar-refractivity contribution in [2.45, 2.75) is 13.3 Å². The standard InChI is InChI=1S/C8H14N4O4S2/c1-6-9-8(17-10-6)11-18(14,15)12(2)5-4-7(13)16-3/h4-5H2,1-3H3,(H,9,10,11). The number of aryl methyl sites for hydroxylation is 1. The first-order valence-corrected chi connectivity index (χ1v) is 7.17. The molecule has 1 rings (SSSR count). The van der Waals surface area contributed by atoms with E-state index in [9.17, 15) is 13.2 Å². The topological polar surface area (TPSA) is 101 Å². The van der Waals surface area contributed by atoms with E-state index in [-0.39, 0.29) is 18.1 Å². The van der Waals surface area contributed by atoms with Gasteiger partial charge in [0.25, 0.3) is 0 Å². The lowest BCUT2D eigenvalue weighted by atomic mass is 10.4. The molecule has 0 atom stereocenters. The molecule has 1 aromatic heterocycles. The molecule has 8 nitrogen and oxygen atoms in total. The maximum Gasteiger partial charge on any atom is 0.306 e. The van der Waals surface area contributed by atoms with Crippen LogP contribution in [0.3, 0.4) is 0 Å². The van der Waals surface area contributed by atoms with Crippen LogP contribution >= 0.6 is 11.5 Å². The fraction of sp³-hybridized carbons (Fsp3) is 0.625. The Morgan fingerprint density at radius 1 is 1.56 bits per heavy atom. The second kappa shape index (κ2) is 6.07. The van der Waals surface area contributed by atoms with Gasteiger partial charge in [0, 0.05) is 25.1 Å². The van der Waals surface area contributed by atoms with Gasteiger partial charge in [0.15, 0.2) is 0 Å². The van der Waals surface area contributed by atoms with Crippen molar-refractivity contribution in [3.8, 4) is 0 Å². The number of hydrogen-bond acceptors (Lipinski definition) is 7. The fourth-order valence-electron chi connectivity index (χ4n) is 0.998. The number of aromatic nitrogens is 2. The Morgan fingerprint density at radius 2 is 2.22 bits per heavy atom. The molecule has 0 bridgehead atoms. The zero-order valence-corrected chi connectivity index (χ0v) is 11.8. The van der Waals surface area contributed by atoms with Crippen LogP contribution in [0.1, 0.15) is 12.2 Å². The van der Waals surface area contributed by atoms with E-state index in [2.05, 4.69) is 18.8 Å². The van der Waals surface area contributed by atoms with Gasteiger partial charge in [0.2, 0.25) is 5.13 Å². The summed E-state index contributed by atoms with van der Waals surface area (Å²) >= 11 is 0.953. The first-order chi connectivity index (χ1) is 8.35. The number of nitrogens with zero attached hydrogens (tertiary/aromatic N) is 3. The quantitative estimate of drug-likeness (QED) is 0.741. The molecule has 102 valence electrons. The second-order valence-corrected chi connectivity index (χ2v) is 5.93. The third kappa shape index (κ3) is 4.20. The minimum atomic E-state index is -3.72. The number of anilines is 1. The van der Waals surface area contributed by atoms with Gasteiger partial charge in [-0.05, 0) is 6.92 Å². The molecule has 1 N–H and O–H groups in total. The van der Waals surface area contributed by atoms with Crippen molar-refractivity contribution in [3.63, 3.8) is 0 Å². The van der Waals surface area contributed by atoms with Crippen LogP contribution in [-0.2, 0) is 19.7 Å². The third-order valence-corrected chi connectivity index (χ3v) is 4.32. The number of esters is 1. The van der Waals surface area contributed by atoms with Crippen molar-refractivity contribution in [1.82, 2.24) is 13.7 Å². The van der Waals surface area contributed by atoms with Crippen LogP contribution in [0.2, 0.25) is 0 Å². The van der Waals surface area contributed by atoms with E-state index in [4.69, 9.17) is 0 Å². The molecule has 1 heterocycles. The number of nitrogens with one attached hydrogen (secondary N) is 1. The molecule has 10 heteroatoms. The largest absolute Gasteiger partial charge is 0.469 e. The summed E-state index contributed by atoms with van der Waals surface area (Å²) < 4.78 is 35.2. The Balaban J connectivity index is 2.60. The van der Waals surface area contributed by atoms with E-state index >= 15 is 0 Å². The van der Waals surface area contributed by atoms with Gasteiger partial charge in [-0.25, -0.2) is 9.71 Å². The van der Waals surface area contributed by atoms with Crippen LogP contribution in [0.5, 0.6) is 0 Å². The van der Waals surface area contributed by atoms with Gasteiger partial charge in [-0.3, -0.25) is 4.79 Å². The Bertz CT molecular complexity index is 513. The normalized spacial score (nSPS) is 11.6. The smallest absolute Gasteiger partial charge is 0.306 e. The van der Waals surface area contributed by atoms with Gasteiger partial charge in [0.1, 0.15) is 5.82 Å². The van der Waals surface area contributed by atoms with Gasteiger partial charge in [0.05, 0.1) is 13.5 Å². The van der Waals surface area contributed by atoms with Crippen molar-refractivity contribution in [3.05, 3.63) is 5.82 Å². The molecule has 0 aliphatic heterocycles. The molecule has 0 radical (unpaired) electrons. The maximum atomic E-state index is 11.8. The molecule has 0 unspecified atom stereocenters. The summed E-state index contributed by atoms with van der Waals surface area (Å²) in [6.07, 6.45) is -0.0109. The number of carbonyl (C=O) groups excluding carboxylic acids is 1. The average Bonchev–Trinajstić information content (AvgIpc) is 2.70.